The number of carboxylic acids is 1. The Morgan fingerprint density at radius 2 is 1.88 bits per heavy atom. The Morgan fingerprint density at radius 1 is 1.16 bits per heavy atom. The van der Waals surface area contributed by atoms with Crippen LogP contribution in [0.1, 0.15) is 29.7 Å². The summed E-state index contributed by atoms with van der Waals surface area (Å²) in [7, 11) is 1.60. The van der Waals surface area contributed by atoms with Crippen LogP contribution in [0.2, 0.25) is 0 Å². The minimum atomic E-state index is -1.10. The van der Waals surface area contributed by atoms with Crippen molar-refractivity contribution in [2.75, 3.05) is 7.11 Å². The van der Waals surface area contributed by atoms with Crippen molar-refractivity contribution >= 4 is 11.9 Å². The smallest absolute Gasteiger partial charge is 0.315 e. The largest absolute Gasteiger partial charge is 0.497 e. The van der Waals surface area contributed by atoms with Crippen LogP contribution in [-0.2, 0) is 22.6 Å². The molecule has 1 heterocycles. The molecule has 0 aromatic heterocycles. The molecule has 1 aliphatic heterocycles. The number of carbonyl (C=O) groups is 2. The van der Waals surface area contributed by atoms with Crippen LogP contribution >= 0.6 is 0 Å². The molecule has 130 valence electrons. The molecular weight excluding hydrogens is 318 g/mol. The van der Waals surface area contributed by atoms with Crippen LogP contribution in [0.4, 0.5) is 0 Å². The number of rotatable bonds is 4. The highest BCUT2D eigenvalue weighted by atomic mass is 16.5. The molecule has 2 aromatic carbocycles. The van der Waals surface area contributed by atoms with E-state index >= 15 is 0 Å². The predicted molar refractivity (Wildman–Crippen MR) is 93.2 cm³/mol. The van der Waals surface area contributed by atoms with Gasteiger partial charge in [0.1, 0.15) is 11.7 Å². The zero-order valence-corrected chi connectivity index (χ0v) is 14.3. The number of carboxylic acid groups (broad SMARTS) is 1. The second-order valence-corrected chi connectivity index (χ2v) is 6.29. The van der Waals surface area contributed by atoms with Crippen molar-refractivity contribution in [3.8, 4) is 5.75 Å². The molecule has 0 saturated carbocycles. The maximum absolute atomic E-state index is 12.8. The summed E-state index contributed by atoms with van der Waals surface area (Å²) in [6.45, 7) is 1.82. The molecule has 1 aliphatic rings. The standard InChI is InChI=1S/C20H21NO4/c1-13(20(23)24)19(22)21-12-16-10-17(25-2)9-8-15(16)11-18(21)14-6-4-3-5-7-14/h3-10,13,18H,11-12H2,1-2H3,(H,23,24). The zero-order chi connectivity index (χ0) is 18.0. The van der Waals surface area contributed by atoms with E-state index in [4.69, 9.17) is 4.74 Å². The summed E-state index contributed by atoms with van der Waals surface area (Å²) in [5.74, 6) is -1.81. The van der Waals surface area contributed by atoms with Gasteiger partial charge in [0.05, 0.1) is 13.2 Å². The Bertz CT molecular complexity index is 788. The van der Waals surface area contributed by atoms with Crippen LogP contribution < -0.4 is 4.74 Å². The molecule has 0 fully saturated rings. The molecule has 2 unspecified atom stereocenters. The van der Waals surface area contributed by atoms with Crippen molar-refractivity contribution in [2.45, 2.75) is 25.9 Å². The fourth-order valence-electron chi connectivity index (χ4n) is 3.25. The Morgan fingerprint density at radius 3 is 2.52 bits per heavy atom. The van der Waals surface area contributed by atoms with E-state index in [2.05, 4.69) is 0 Å². The first-order valence-corrected chi connectivity index (χ1v) is 8.25. The number of ether oxygens (including phenoxy) is 1. The minimum absolute atomic E-state index is 0.170. The number of fused-ring (bicyclic) bond motifs is 1. The summed E-state index contributed by atoms with van der Waals surface area (Å²) in [5, 5.41) is 9.25. The number of carbonyl (C=O) groups excluding carboxylic acids is 1. The molecule has 1 N–H and O–H groups in total. The molecule has 3 rings (SSSR count). The lowest BCUT2D eigenvalue weighted by molar-refractivity contribution is -0.152. The lowest BCUT2D eigenvalue weighted by Gasteiger charge is -2.38. The van der Waals surface area contributed by atoms with Crippen molar-refractivity contribution < 1.29 is 19.4 Å². The molecule has 0 aliphatic carbocycles. The highest BCUT2D eigenvalue weighted by Gasteiger charge is 2.35. The van der Waals surface area contributed by atoms with E-state index in [1.165, 1.54) is 6.92 Å². The average molecular weight is 339 g/mol. The molecule has 2 aromatic rings. The molecule has 0 spiro atoms. The summed E-state index contributed by atoms with van der Waals surface area (Å²) in [4.78, 5) is 25.8. The maximum atomic E-state index is 12.8. The second kappa shape index (κ2) is 6.97. The van der Waals surface area contributed by atoms with Gasteiger partial charge in [0.25, 0.3) is 0 Å². The van der Waals surface area contributed by atoms with Crippen molar-refractivity contribution in [1.29, 1.82) is 0 Å². The van der Waals surface area contributed by atoms with Crippen molar-refractivity contribution in [2.24, 2.45) is 5.92 Å². The molecule has 0 saturated heterocycles. The first-order chi connectivity index (χ1) is 12.0. The van der Waals surface area contributed by atoms with Gasteiger partial charge in [0.2, 0.25) is 5.91 Å². The first-order valence-electron chi connectivity index (χ1n) is 8.25. The van der Waals surface area contributed by atoms with E-state index in [-0.39, 0.29) is 11.9 Å². The molecule has 0 radical (unpaired) electrons. The van der Waals surface area contributed by atoms with Gasteiger partial charge in [-0.1, -0.05) is 36.4 Å². The third-order valence-electron chi connectivity index (χ3n) is 4.75. The molecule has 25 heavy (non-hydrogen) atoms. The number of hydrogen-bond acceptors (Lipinski definition) is 3. The van der Waals surface area contributed by atoms with Gasteiger partial charge >= 0.3 is 5.97 Å². The van der Waals surface area contributed by atoms with Gasteiger partial charge in [-0.25, -0.2) is 0 Å². The molecular formula is C20H21NO4. The van der Waals surface area contributed by atoms with Crippen LogP contribution in [0.5, 0.6) is 5.75 Å². The SMILES string of the molecule is COc1ccc2c(c1)CN(C(=O)C(C)C(=O)O)C(c1ccccc1)C2. The monoisotopic (exact) mass is 339 g/mol. The third-order valence-corrected chi connectivity index (χ3v) is 4.75. The lowest BCUT2D eigenvalue weighted by Crippen LogP contribution is -2.43. The first kappa shape index (κ1) is 17.0. The van der Waals surface area contributed by atoms with Crippen molar-refractivity contribution in [1.82, 2.24) is 4.90 Å². The predicted octanol–water partition coefficient (Wildman–Crippen LogP) is 3.04. The number of hydrogen-bond donors (Lipinski definition) is 1. The van der Waals surface area contributed by atoms with Gasteiger partial charge in [-0.15, -0.1) is 0 Å². The normalized spacial score (nSPS) is 17.5. The van der Waals surface area contributed by atoms with E-state index in [9.17, 15) is 14.7 Å². The van der Waals surface area contributed by atoms with Crippen LogP contribution in [-0.4, -0.2) is 29.0 Å². The van der Waals surface area contributed by atoms with Crippen LogP contribution in [0.15, 0.2) is 48.5 Å². The summed E-state index contributed by atoms with van der Waals surface area (Å²) in [6.07, 6.45) is 0.654. The van der Waals surface area contributed by atoms with E-state index < -0.39 is 11.9 Å². The van der Waals surface area contributed by atoms with Crippen molar-refractivity contribution in [3.05, 3.63) is 65.2 Å². The fraction of sp³-hybridized carbons (Fsp3) is 0.300. The van der Waals surface area contributed by atoms with Gasteiger partial charge in [-0.2, -0.15) is 0 Å². The molecule has 1 amide bonds. The Kier molecular flexibility index (Phi) is 4.74. The number of amides is 1. The van der Waals surface area contributed by atoms with Gasteiger partial charge in [-0.3, -0.25) is 9.59 Å². The minimum Gasteiger partial charge on any atom is -0.497 e. The van der Waals surface area contributed by atoms with Gasteiger partial charge < -0.3 is 14.7 Å². The Hall–Kier alpha value is -2.82. The summed E-state index contributed by atoms with van der Waals surface area (Å²) < 4.78 is 5.28. The molecule has 2 atom stereocenters. The highest BCUT2D eigenvalue weighted by molar-refractivity contribution is 5.96. The lowest BCUT2D eigenvalue weighted by atomic mass is 9.89. The van der Waals surface area contributed by atoms with Crippen LogP contribution in [0, 0.1) is 5.92 Å². The van der Waals surface area contributed by atoms with Crippen molar-refractivity contribution in [3.63, 3.8) is 0 Å². The van der Waals surface area contributed by atoms with Crippen LogP contribution in [0.3, 0.4) is 0 Å². The average Bonchev–Trinajstić information content (AvgIpc) is 2.65. The third kappa shape index (κ3) is 3.36. The summed E-state index contributed by atoms with van der Waals surface area (Å²) in [5.41, 5.74) is 3.16. The summed E-state index contributed by atoms with van der Waals surface area (Å²) >= 11 is 0. The molecule has 5 heteroatoms. The van der Waals surface area contributed by atoms with Gasteiger partial charge in [-0.05, 0) is 42.2 Å². The molecule has 5 nitrogen and oxygen atoms in total. The fourth-order valence-corrected chi connectivity index (χ4v) is 3.25. The number of nitrogens with zero attached hydrogens (tertiary/aromatic N) is 1. The Labute approximate surface area is 146 Å². The van der Waals surface area contributed by atoms with Crippen LogP contribution in [0.25, 0.3) is 0 Å². The van der Waals surface area contributed by atoms with E-state index in [1.807, 2.05) is 48.5 Å². The molecule has 0 bridgehead atoms. The number of benzene rings is 2. The second-order valence-electron chi connectivity index (χ2n) is 6.29. The Balaban J connectivity index is 2.01. The number of methoxy groups -OCH3 is 1. The quantitative estimate of drug-likeness (QED) is 0.870. The number of aliphatic carboxylic acids is 1. The highest BCUT2D eigenvalue weighted by Crippen LogP contribution is 2.35. The topological polar surface area (TPSA) is 66.8 Å². The maximum Gasteiger partial charge on any atom is 0.315 e. The van der Waals surface area contributed by atoms with E-state index in [0.717, 1.165) is 22.4 Å². The van der Waals surface area contributed by atoms with E-state index in [0.29, 0.717) is 13.0 Å². The summed E-state index contributed by atoms with van der Waals surface area (Å²) in [6, 6.07) is 15.4. The van der Waals surface area contributed by atoms with E-state index in [1.54, 1.807) is 12.0 Å². The van der Waals surface area contributed by atoms with Gasteiger partial charge in [0.15, 0.2) is 0 Å². The van der Waals surface area contributed by atoms with Gasteiger partial charge in [0, 0.05) is 6.54 Å². The zero-order valence-electron chi connectivity index (χ0n) is 14.3.